The fourth-order valence-corrected chi connectivity index (χ4v) is 3.68. The zero-order valence-electron chi connectivity index (χ0n) is 17.9. The van der Waals surface area contributed by atoms with E-state index >= 15 is 0 Å². The highest BCUT2D eigenvalue weighted by Crippen LogP contribution is 2.34. The zero-order valence-corrected chi connectivity index (χ0v) is 17.9. The molecule has 0 atom stereocenters. The second kappa shape index (κ2) is 8.17. The number of imidazole rings is 1. The van der Waals surface area contributed by atoms with Gasteiger partial charge in [0.1, 0.15) is 30.1 Å². The fourth-order valence-electron chi connectivity index (χ4n) is 3.68. The molecule has 0 unspecified atom stereocenters. The molecular formula is C23H20N6O3. The van der Waals surface area contributed by atoms with Crippen LogP contribution >= 0.6 is 0 Å². The van der Waals surface area contributed by atoms with Crippen molar-refractivity contribution in [2.24, 2.45) is 0 Å². The molecule has 9 heteroatoms. The van der Waals surface area contributed by atoms with E-state index in [-0.39, 0.29) is 0 Å². The number of pyridine rings is 1. The molecule has 0 radical (unpaired) electrons. The summed E-state index contributed by atoms with van der Waals surface area (Å²) < 4.78 is 20.1. The van der Waals surface area contributed by atoms with Gasteiger partial charge in [0.2, 0.25) is 0 Å². The number of hydrogen-bond acceptors (Lipinski definition) is 7. The van der Waals surface area contributed by atoms with Crippen molar-refractivity contribution in [2.75, 3.05) is 21.3 Å². The van der Waals surface area contributed by atoms with Crippen LogP contribution in [0.3, 0.4) is 0 Å². The number of hydrogen-bond donors (Lipinski definition) is 0. The van der Waals surface area contributed by atoms with E-state index in [1.165, 1.54) is 0 Å². The molecule has 0 bridgehead atoms. The summed E-state index contributed by atoms with van der Waals surface area (Å²) in [6.45, 7) is 0.843. The Balaban J connectivity index is 1.66. The molecule has 9 nitrogen and oxygen atoms in total. The second-order valence-electron chi connectivity index (χ2n) is 7.12. The van der Waals surface area contributed by atoms with E-state index in [1.54, 1.807) is 40.1 Å². The van der Waals surface area contributed by atoms with E-state index in [0.717, 1.165) is 39.9 Å². The molecule has 0 N–H and O–H groups in total. The third-order valence-corrected chi connectivity index (χ3v) is 5.25. The molecule has 0 saturated carbocycles. The highest BCUT2D eigenvalue weighted by molar-refractivity contribution is 5.71. The minimum Gasteiger partial charge on any atom is -0.497 e. The smallest absolute Gasteiger partial charge is 0.166 e. The largest absolute Gasteiger partial charge is 0.497 e. The third kappa shape index (κ3) is 3.36. The van der Waals surface area contributed by atoms with Crippen LogP contribution in [0.1, 0.15) is 22.8 Å². The molecule has 160 valence electrons. The first-order chi connectivity index (χ1) is 15.7. The van der Waals surface area contributed by atoms with Gasteiger partial charge in [0.05, 0.1) is 38.3 Å². The van der Waals surface area contributed by atoms with Gasteiger partial charge < -0.3 is 18.8 Å². The van der Waals surface area contributed by atoms with Crippen molar-refractivity contribution in [1.29, 1.82) is 0 Å². The van der Waals surface area contributed by atoms with Crippen LogP contribution in [-0.4, -0.2) is 50.6 Å². The van der Waals surface area contributed by atoms with E-state index in [9.17, 15) is 0 Å². The van der Waals surface area contributed by atoms with E-state index in [0.29, 0.717) is 24.6 Å². The predicted octanol–water partition coefficient (Wildman–Crippen LogP) is 2.45. The SMILES string of the molecule is COCc1nnc2n1Cc1c(C#Cc3cncc(OC)c3)ncn1-c1ccc(OC)cc1-2. The van der Waals surface area contributed by atoms with E-state index in [2.05, 4.69) is 32.0 Å². The second-order valence-corrected chi connectivity index (χ2v) is 7.12. The van der Waals surface area contributed by atoms with Crippen molar-refractivity contribution in [3.05, 3.63) is 65.8 Å². The summed E-state index contributed by atoms with van der Waals surface area (Å²) in [7, 11) is 4.88. The maximum absolute atomic E-state index is 5.44. The molecule has 1 aromatic carbocycles. The van der Waals surface area contributed by atoms with Crippen molar-refractivity contribution in [3.8, 4) is 40.4 Å². The van der Waals surface area contributed by atoms with Gasteiger partial charge in [0.15, 0.2) is 11.6 Å². The van der Waals surface area contributed by atoms with Crippen LogP contribution in [0.4, 0.5) is 0 Å². The maximum Gasteiger partial charge on any atom is 0.166 e. The van der Waals surface area contributed by atoms with Crippen LogP contribution in [0.25, 0.3) is 17.1 Å². The zero-order chi connectivity index (χ0) is 22.1. The standard InChI is InChI=1S/C23H20N6O3/c1-30-13-22-26-27-23-18-9-16(31-2)5-7-20(18)29-14-25-19(21(29)12-28(22)23)6-4-15-8-17(32-3)11-24-10-15/h5,7-11,14H,12-13H2,1-3H3. The predicted molar refractivity (Wildman–Crippen MR) is 116 cm³/mol. The Kier molecular flexibility index (Phi) is 5.05. The van der Waals surface area contributed by atoms with Gasteiger partial charge in [-0.3, -0.25) is 9.55 Å². The topological polar surface area (TPSA) is 89.1 Å². The van der Waals surface area contributed by atoms with E-state index in [1.807, 2.05) is 33.4 Å². The number of nitrogens with zero attached hydrogens (tertiary/aromatic N) is 6. The fraction of sp³-hybridized carbons (Fsp3) is 0.217. The number of aromatic nitrogens is 6. The molecule has 5 rings (SSSR count). The number of methoxy groups -OCH3 is 3. The van der Waals surface area contributed by atoms with Crippen LogP contribution < -0.4 is 9.47 Å². The van der Waals surface area contributed by atoms with Crippen molar-refractivity contribution in [1.82, 2.24) is 29.3 Å². The van der Waals surface area contributed by atoms with Crippen molar-refractivity contribution >= 4 is 0 Å². The highest BCUT2D eigenvalue weighted by Gasteiger charge is 2.26. The molecular weight excluding hydrogens is 408 g/mol. The molecule has 0 saturated heterocycles. The molecule has 0 spiro atoms. The first kappa shape index (κ1) is 19.8. The van der Waals surface area contributed by atoms with Gasteiger partial charge in [0, 0.05) is 24.4 Å². The maximum atomic E-state index is 5.44. The summed E-state index contributed by atoms with van der Waals surface area (Å²) in [5.41, 5.74) is 4.16. The molecule has 0 fully saturated rings. The molecule has 4 aromatic rings. The number of rotatable bonds is 4. The first-order valence-corrected chi connectivity index (χ1v) is 9.89. The lowest BCUT2D eigenvalue weighted by atomic mass is 10.1. The summed E-state index contributed by atoms with van der Waals surface area (Å²) in [6, 6.07) is 7.69. The van der Waals surface area contributed by atoms with E-state index in [4.69, 9.17) is 14.2 Å². The van der Waals surface area contributed by atoms with Crippen LogP contribution in [0.5, 0.6) is 11.5 Å². The lowest BCUT2D eigenvalue weighted by Crippen LogP contribution is -2.09. The van der Waals surface area contributed by atoms with Crippen molar-refractivity contribution in [3.63, 3.8) is 0 Å². The van der Waals surface area contributed by atoms with Gasteiger partial charge in [-0.15, -0.1) is 10.2 Å². The van der Waals surface area contributed by atoms with Crippen LogP contribution in [0.15, 0.2) is 43.0 Å². The normalized spacial score (nSPS) is 11.5. The Labute approximate surface area is 184 Å². The lowest BCUT2D eigenvalue weighted by Gasteiger charge is -2.09. The van der Waals surface area contributed by atoms with Crippen LogP contribution in [-0.2, 0) is 17.9 Å². The van der Waals surface area contributed by atoms with Gasteiger partial charge in [-0.2, -0.15) is 0 Å². The van der Waals surface area contributed by atoms with Gasteiger partial charge in [-0.1, -0.05) is 5.92 Å². The molecule has 1 aliphatic heterocycles. The van der Waals surface area contributed by atoms with E-state index < -0.39 is 0 Å². The molecule has 4 heterocycles. The van der Waals surface area contributed by atoms with Crippen molar-refractivity contribution < 1.29 is 14.2 Å². The minimum absolute atomic E-state index is 0.344. The summed E-state index contributed by atoms with van der Waals surface area (Å²) in [5.74, 6) is 9.18. The van der Waals surface area contributed by atoms with Gasteiger partial charge in [-0.25, -0.2) is 4.98 Å². The number of ether oxygens (including phenoxy) is 3. The lowest BCUT2D eigenvalue weighted by molar-refractivity contribution is 0.174. The molecule has 0 aliphatic carbocycles. The Bertz CT molecular complexity index is 1360. The molecule has 0 amide bonds. The van der Waals surface area contributed by atoms with Gasteiger partial charge >= 0.3 is 0 Å². The Morgan fingerprint density at radius 1 is 1.00 bits per heavy atom. The quantitative estimate of drug-likeness (QED) is 0.406. The summed E-state index contributed by atoms with van der Waals surface area (Å²) in [5, 5.41) is 8.79. The third-order valence-electron chi connectivity index (χ3n) is 5.25. The first-order valence-electron chi connectivity index (χ1n) is 9.89. The van der Waals surface area contributed by atoms with Crippen molar-refractivity contribution in [2.45, 2.75) is 13.2 Å². The molecule has 1 aliphatic rings. The van der Waals surface area contributed by atoms with Gasteiger partial charge in [-0.05, 0) is 30.2 Å². The number of fused-ring (bicyclic) bond motifs is 5. The summed E-state index contributed by atoms with van der Waals surface area (Å²) in [4.78, 5) is 8.75. The van der Waals surface area contributed by atoms with Gasteiger partial charge in [0.25, 0.3) is 0 Å². The number of benzene rings is 1. The average molecular weight is 428 g/mol. The Morgan fingerprint density at radius 3 is 2.69 bits per heavy atom. The summed E-state index contributed by atoms with van der Waals surface area (Å²) >= 11 is 0. The highest BCUT2D eigenvalue weighted by atomic mass is 16.5. The Hall–Kier alpha value is -4.16. The van der Waals surface area contributed by atoms with Crippen LogP contribution in [0, 0.1) is 11.8 Å². The monoisotopic (exact) mass is 428 g/mol. The molecule has 3 aromatic heterocycles. The van der Waals surface area contributed by atoms with Crippen LogP contribution in [0.2, 0.25) is 0 Å². The molecule has 32 heavy (non-hydrogen) atoms. The summed E-state index contributed by atoms with van der Waals surface area (Å²) in [6.07, 6.45) is 5.12. The Morgan fingerprint density at radius 2 is 1.88 bits per heavy atom. The average Bonchev–Trinajstić information content (AvgIpc) is 3.38. The minimum atomic E-state index is 0.344.